The second-order valence-electron chi connectivity index (χ2n) is 2.80. The van der Waals surface area contributed by atoms with Crippen LogP contribution in [0.4, 0.5) is 0 Å². The van der Waals surface area contributed by atoms with E-state index in [0.29, 0.717) is 12.5 Å². The molecule has 0 aliphatic rings. The summed E-state index contributed by atoms with van der Waals surface area (Å²) in [6.07, 6.45) is 0.886. The summed E-state index contributed by atoms with van der Waals surface area (Å²) in [6.45, 7) is 2.73. The molecule has 0 saturated heterocycles. The molecule has 1 nitrogen and oxygen atoms in total. The van der Waals surface area contributed by atoms with Crippen LogP contribution in [0.5, 0.6) is 5.75 Å². The first-order valence-corrected chi connectivity index (χ1v) is 5.51. The van der Waals surface area contributed by atoms with E-state index in [4.69, 9.17) is 16.3 Å². The zero-order chi connectivity index (χ0) is 9.68. The van der Waals surface area contributed by atoms with E-state index in [1.54, 1.807) is 0 Å². The van der Waals surface area contributed by atoms with E-state index in [-0.39, 0.29) is 0 Å². The molecule has 0 fully saturated rings. The van der Waals surface area contributed by atoms with E-state index < -0.39 is 0 Å². The van der Waals surface area contributed by atoms with Crippen LogP contribution >= 0.6 is 27.5 Å². The normalized spacial score (nSPS) is 10.1. The monoisotopic (exact) mass is 262 g/mol. The molecule has 0 saturated carbocycles. The van der Waals surface area contributed by atoms with Crippen LogP contribution in [-0.4, -0.2) is 12.5 Å². The molecule has 1 rings (SSSR count). The number of hydrogen-bond acceptors (Lipinski definition) is 1. The average Bonchev–Trinajstić information content (AvgIpc) is 2.12. The summed E-state index contributed by atoms with van der Waals surface area (Å²) in [5.74, 6) is 1.56. The van der Waals surface area contributed by atoms with Gasteiger partial charge < -0.3 is 4.74 Å². The SMILES string of the molecule is Cc1cc(OCCCCl)ccc1Br. The lowest BCUT2D eigenvalue weighted by Crippen LogP contribution is -1.97. The number of hydrogen-bond donors (Lipinski definition) is 0. The van der Waals surface area contributed by atoms with Crippen LogP contribution in [-0.2, 0) is 0 Å². The summed E-state index contributed by atoms with van der Waals surface area (Å²) >= 11 is 8.97. The third-order valence-corrected chi connectivity index (χ3v) is 2.83. The van der Waals surface area contributed by atoms with Crippen molar-refractivity contribution in [3.63, 3.8) is 0 Å². The van der Waals surface area contributed by atoms with E-state index in [0.717, 1.165) is 16.6 Å². The Kier molecular flexibility index (Phi) is 4.60. The van der Waals surface area contributed by atoms with Gasteiger partial charge in [0, 0.05) is 10.4 Å². The second-order valence-corrected chi connectivity index (χ2v) is 4.03. The zero-order valence-corrected chi connectivity index (χ0v) is 9.86. The zero-order valence-electron chi connectivity index (χ0n) is 7.52. The molecule has 0 bridgehead atoms. The maximum Gasteiger partial charge on any atom is 0.119 e. The molecule has 0 aliphatic carbocycles. The fraction of sp³-hybridized carbons (Fsp3) is 0.400. The number of aryl methyl sites for hydroxylation is 1. The Labute approximate surface area is 92.2 Å². The van der Waals surface area contributed by atoms with Gasteiger partial charge in [-0.15, -0.1) is 11.6 Å². The predicted molar refractivity (Wildman–Crippen MR) is 59.7 cm³/mol. The molecule has 0 atom stereocenters. The first kappa shape index (κ1) is 10.9. The fourth-order valence-electron chi connectivity index (χ4n) is 0.952. The second kappa shape index (κ2) is 5.51. The van der Waals surface area contributed by atoms with Gasteiger partial charge in [0.15, 0.2) is 0 Å². The van der Waals surface area contributed by atoms with Gasteiger partial charge in [0.1, 0.15) is 5.75 Å². The highest BCUT2D eigenvalue weighted by atomic mass is 79.9. The van der Waals surface area contributed by atoms with E-state index in [1.165, 1.54) is 5.56 Å². The smallest absolute Gasteiger partial charge is 0.119 e. The number of benzene rings is 1. The third-order valence-electron chi connectivity index (χ3n) is 1.68. The molecule has 0 N–H and O–H groups in total. The van der Waals surface area contributed by atoms with Crippen molar-refractivity contribution < 1.29 is 4.74 Å². The van der Waals surface area contributed by atoms with Gasteiger partial charge in [0.2, 0.25) is 0 Å². The lowest BCUT2D eigenvalue weighted by Gasteiger charge is -2.06. The Hall–Kier alpha value is -0.210. The van der Waals surface area contributed by atoms with E-state index in [9.17, 15) is 0 Å². The summed E-state index contributed by atoms with van der Waals surface area (Å²) in [5, 5.41) is 0. The molecule has 0 aromatic heterocycles. The van der Waals surface area contributed by atoms with Gasteiger partial charge >= 0.3 is 0 Å². The number of rotatable bonds is 4. The largest absolute Gasteiger partial charge is 0.494 e. The van der Waals surface area contributed by atoms with Crippen LogP contribution in [0.25, 0.3) is 0 Å². The lowest BCUT2D eigenvalue weighted by molar-refractivity contribution is 0.318. The molecule has 72 valence electrons. The van der Waals surface area contributed by atoms with E-state index in [1.807, 2.05) is 25.1 Å². The lowest BCUT2D eigenvalue weighted by atomic mass is 10.2. The van der Waals surface area contributed by atoms with Crippen LogP contribution in [0.3, 0.4) is 0 Å². The van der Waals surface area contributed by atoms with Gasteiger partial charge in [-0.25, -0.2) is 0 Å². The van der Waals surface area contributed by atoms with Gasteiger partial charge in [-0.2, -0.15) is 0 Å². The van der Waals surface area contributed by atoms with Gasteiger partial charge in [0.25, 0.3) is 0 Å². The van der Waals surface area contributed by atoms with Crippen molar-refractivity contribution in [3.05, 3.63) is 28.2 Å². The Morgan fingerprint density at radius 3 is 2.85 bits per heavy atom. The molecule has 3 heteroatoms. The number of halogens is 2. The summed E-state index contributed by atoms with van der Waals surface area (Å²) in [4.78, 5) is 0. The summed E-state index contributed by atoms with van der Waals surface area (Å²) < 4.78 is 6.59. The molecule has 0 aliphatic heterocycles. The van der Waals surface area contributed by atoms with Gasteiger partial charge in [0.05, 0.1) is 6.61 Å². The molecule has 0 heterocycles. The molecular weight excluding hydrogens is 251 g/mol. The standard InChI is InChI=1S/C10H12BrClO/c1-8-7-9(3-4-10(8)11)13-6-2-5-12/h3-4,7H,2,5-6H2,1H3. The summed E-state index contributed by atoms with van der Waals surface area (Å²) in [7, 11) is 0. The summed E-state index contributed by atoms with van der Waals surface area (Å²) in [6, 6.07) is 5.95. The van der Waals surface area contributed by atoms with Crippen molar-refractivity contribution >= 4 is 27.5 Å². The molecule has 1 aromatic carbocycles. The third kappa shape index (κ3) is 3.57. The molecular formula is C10H12BrClO. The van der Waals surface area contributed by atoms with Crippen LogP contribution in [0.15, 0.2) is 22.7 Å². The van der Waals surface area contributed by atoms with Crippen LogP contribution in [0.1, 0.15) is 12.0 Å². The minimum absolute atomic E-state index is 0.648. The quantitative estimate of drug-likeness (QED) is 0.593. The van der Waals surface area contributed by atoms with Crippen molar-refractivity contribution in [3.8, 4) is 5.75 Å². The van der Waals surface area contributed by atoms with Crippen molar-refractivity contribution in [2.24, 2.45) is 0 Å². The minimum atomic E-state index is 0.648. The number of ether oxygens (including phenoxy) is 1. The Bertz CT molecular complexity index is 276. The molecule has 1 aromatic rings. The van der Waals surface area contributed by atoms with Crippen LogP contribution in [0, 0.1) is 6.92 Å². The number of alkyl halides is 1. The van der Waals surface area contributed by atoms with E-state index >= 15 is 0 Å². The van der Waals surface area contributed by atoms with Gasteiger partial charge in [-0.3, -0.25) is 0 Å². The topological polar surface area (TPSA) is 9.23 Å². The van der Waals surface area contributed by atoms with Crippen molar-refractivity contribution in [1.29, 1.82) is 0 Å². The predicted octanol–water partition coefficient (Wildman–Crippen LogP) is 3.77. The Morgan fingerprint density at radius 2 is 2.23 bits per heavy atom. The highest BCUT2D eigenvalue weighted by Crippen LogP contribution is 2.21. The molecule has 0 unspecified atom stereocenters. The van der Waals surface area contributed by atoms with Gasteiger partial charge in [-0.1, -0.05) is 15.9 Å². The van der Waals surface area contributed by atoms with Crippen LogP contribution < -0.4 is 4.74 Å². The first-order valence-electron chi connectivity index (χ1n) is 4.19. The maximum absolute atomic E-state index is 5.54. The molecule has 0 spiro atoms. The van der Waals surface area contributed by atoms with E-state index in [2.05, 4.69) is 15.9 Å². The van der Waals surface area contributed by atoms with Crippen molar-refractivity contribution in [2.45, 2.75) is 13.3 Å². The highest BCUT2D eigenvalue weighted by molar-refractivity contribution is 9.10. The van der Waals surface area contributed by atoms with Crippen molar-refractivity contribution in [1.82, 2.24) is 0 Å². The fourth-order valence-corrected chi connectivity index (χ4v) is 1.31. The Balaban J connectivity index is 2.53. The van der Waals surface area contributed by atoms with Crippen LogP contribution in [0.2, 0.25) is 0 Å². The molecule has 0 amide bonds. The van der Waals surface area contributed by atoms with Crippen molar-refractivity contribution in [2.75, 3.05) is 12.5 Å². The summed E-state index contributed by atoms with van der Waals surface area (Å²) in [5.41, 5.74) is 1.18. The highest BCUT2D eigenvalue weighted by Gasteiger charge is 1.97. The first-order chi connectivity index (χ1) is 6.24. The Morgan fingerprint density at radius 1 is 1.46 bits per heavy atom. The molecule has 0 radical (unpaired) electrons. The molecule has 13 heavy (non-hydrogen) atoms. The average molecular weight is 264 g/mol. The minimum Gasteiger partial charge on any atom is -0.494 e. The van der Waals surface area contributed by atoms with Gasteiger partial charge in [-0.05, 0) is 37.1 Å². The maximum atomic E-state index is 5.54.